The number of thiol groups is 1. The van der Waals surface area contributed by atoms with Gasteiger partial charge in [-0.05, 0) is 44.0 Å². The fourth-order valence-corrected chi connectivity index (χ4v) is 1.69. The number of hydrogen-bond donors (Lipinski definition) is 1. The monoisotopic (exact) mass is 182 g/mol. The number of ether oxygens (including phenoxy) is 1. The zero-order valence-electron chi connectivity index (χ0n) is 7.72. The third-order valence-corrected chi connectivity index (χ3v) is 1.99. The van der Waals surface area contributed by atoms with Crippen LogP contribution in [0, 0.1) is 13.8 Å². The van der Waals surface area contributed by atoms with Gasteiger partial charge in [-0.1, -0.05) is 0 Å². The minimum atomic E-state index is 0.716. The largest absolute Gasteiger partial charge is 0.493 e. The molecular formula is C10H14OS. The summed E-state index contributed by atoms with van der Waals surface area (Å²) in [6.07, 6.45) is 0. The summed E-state index contributed by atoms with van der Waals surface area (Å²) < 4.78 is 5.49. The maximum absolute atomic E-state index is 5.49. The summed E-state index contributed by atoms with van der Waals surface area (Å²) in [4.78, 5) is 0.994. The smallest absolute Gasteiger partial charge is 0.125 e. The van der Waals surface area contributed by atoms with Crippen LogP contribution in [0.25, 0.3) is 0 Å². The molecule has 1 aromatic rings. The lowest BCUT2D eigenvalue weighted by atomic mass is 10.1. The first kappa shape index (κ1) is 9.46. The Balaban J connectivity index is 3.10. The highest BCUT2D eigenvalue weighted by Crippen LogP contribution is 2.25. The standard InChI is InChI=1S/C10H14OS/c1-4-11-10-7(2)5-9(12)6-8(10)3/h5-6,12H,4H2,1-3H3. The van der Waals surface area contributed by atoms with Gasteiger partial charge in [0.15, 0.2) is 0 Å². The van der Waals surface area contributed by atoms with Gasteiger partial charge in [0.05, 0.1) is 6.61 Å². The summed E-state index contributed by atoms with van der Waals surface area (Å²) in [6, 6.07) is 4.03. The van der Waals surface area contributed by atoms with Gasteiger partial charge in [0, 0.05) is 4.90 Å². The van der Waals surface area contributed by atoms with Crippen LogP contribution in [-0.4, -0.2) is 6.61 Å². The molecule has 0 heterocycles. The topological polar surface area (TPSA) is 9.23 Å². The Kier molecular flexibility index (Phi) is 3.04. The number of hydrogen-bond acceptors (Lipinski definition) is 2. The van der Waals surface area contributed by atoms with Crippen molar-refractivity contribution in [3.63, 3.8) is 0 Å². The Morgan fingerprint density at radius 3 is 2.17 bits per heavy atom. The predicted molar refractivity (Wildman–Crippen MR) is 54.3 cm³/mol. The molecule has 0 aliphatic heterocycles. The van der Waals surface area contributed by atoms with Crippen LogP contribution >= 0.6 is 12.6 Å². The van der Waals surface area contributed by atoms with Crippen LogP contribution in [0.2, 0.25) is 0 Å². The highest BCUT2D eigenvalue weighted by molar-refractivity contribution is 7.80. The molecule has 1 rings (SSSR count). The van der Waals surface area contributed by atoms with Crippen molar-refractivity contribution < 1.29 is 4.74 Å². The molecule has 0 amide bonds. The SMILES string of the molecule is CCOc1c(C)cc(S)cc1C. The van der Waals surface area contributed by atoms with E-state index in [1.165, 1.54) is 0 Å². The summed E-state index contributed by atoms with van der Waals surface area (Å²) in [5.74, 6) is 0.996. The summed E-state index contributed by atoms with van der Waals surface area (Å²) in [5, 5.41) is 0. The molecule has 0 saturated heterocycles. The van der Waals surface area contributed by atoms with E-state index < -0.39 is 0 Å². The van der Waals surface area contributed by atoms with Crippen LogP contribution < -0.4 is 4.74 Å². The molecule has 0 radical (unpaired) electrons. The molecule has 66 valence electrons. The lowest BCUT2D eigenvalue weighted by molar-refractivity contribution is 0.335. The maximum atomic E-state index is 5.49. The zero-order chi connectivity index (χ0) is 9.14. The second-order valence-electron chi connectivity index (χ2n) is 2.84. The average molecular weight is 182 g/mol. The molecule has 1 aromatic carbocycles. The number of benzene rings is 1. The minimum Gasteiger partial charge on any atom is -0.493 e. The Hall–Kier alpha value is -0.630. The van der Waals surface area contributed by atoms with Crippen LogP contribution in [0.4, 0.5) is 0 Å². The van der Waals surface area contributed by atoms with E-state index in [1.54, 1.807) is 0 Å². The van der Waals surface area contributed by atoms with Gasteiger partial charge >= 0.3 is 0 Å². The summed E-state index contributed by atoms with van der Waals surface area (Å²) >= 11 is 4.28. The van der Waals surface area contributed by atoms with E-state index in [2.05, 4.69) is 12.6 Å². The zero-order valence-corrected chi connectivity index (χ0v) is 8.61. The van der Waals surface area contributed by atoms with E-state index in [0.29, 0.717) is 6.61 Å². The van der Waals surface area contributed by atoms with Gasteiger partial charge in [-0.2, -0.15) is 0 Å². The lowest BCUT2D eigenvalue weighted by Crippen LogP contribution is -1.96. The molecule has 0 N–H and O–H groups in total. The molecular weight excluding hydrogens is 168 g/mol. The molecule has 0 aliphatic carbocycles. The van der Waals surface area contributed by atoms with Crippen molar-refractivity contribution in [3.05, 3.63) is 23.3 Å². The fourth-order valence-electron chi connectivity index (χ4n) is 1.30. The highest BCUT2D eigenvalue weighted by Gasteiger charge is 2.03. The first-order valence-electron chi connectivity index (χ1n) is 4.08. The van der Waals surface area contributed by atoms with E-state index in [9.17, 15) is 0 Å². The van der Waals surface area contributed by atoms with Gasteiger partial charge in [-0.3, -0.25) is 0 Å². The van der Waals surface area contributed by atoms with E-state index >= 15 is 0 Å². The Bertz CT molecular complexity index is 258. The molecule has 0 unspecified atom stereocenters. The molecule has 12 heavy (non-hydrogen) atoms. The van der Waals surface area contributed by atoms with Gasteiger partial charge in [-0.15, -0.1) is 12.6 Å². The average Bonchev–Trinajstić information content (AvgIpc) is 1.96. The lowest BCUT2D eigenvalue weighted by Gasteiger charge is -2.10. The van der Waals surface area contributed by atoms with Gasteiger partial charge in [0.2, 0.25) is 0 Å². The van der Waals surface area contributed by atoms with E-state index in [4.69, 9.17) is 4.74 Å². The van der Waals surface area contributed by atoms with Crippen molar-refractivity contribution in [3.8, 4) is 5.75 Å². The van der Waals surface area contributed by atoms with Crippen molar-refractivity contribution in [1.29, 1.82) is 0 Å². The van der Waals surface area contributed by atoms with Crippen LogP contribution in [0.3, 0.4) is 0 Å². The van der Waals surface area contributed by atoms with E-state index in [0.717, 1.165) is 21.8 Å². The first-order valence-corrected chi connectivity index (χ1v) is 4.53. The van der Waals surface area contributed by atoms with Crippen molar-refractivity contribution in [2.45, 2.75) is 25.7 Å². The first-order chi connectivity index (χ1) is 5.65. The molecule has 0 aliphatic rings. The van der Waals surface area contributed by atoms with E-state index in [1.807, 2.05) is 32.9 Å². The van der Waals surface area contributed by atoms with Crippen molar-refractivity contribution in [2.75, 3.05) is 6.61 Å². The van der Waals surface area contributed by atoms with Crippen molar-refractivity contribution >= 4 is 12.6 Å². The highest BCUT2D eigenvalue weighted by atomic mass is 32.1. The van der Waals surface area contributed by atoms with Crippen LogP contribution in [0.5, 0.6) is 5.75 Å². The molecule has 2 heteroatoms. The minimum absolute atomic E-state index is 0.716. The molecule has 0 aromatic heterocycles. The molecule has 0 saturated carbocycles. The summed E-state index contributed by atoms with van der Waals surface area (Å²) in [7, 11) is 0. The number of rotatable bonds is 2. The maximum Gasteiger partial charge on any atom is 0.125 e. The molecule has 1 nitrogen and oxygen atoms in total. The van der Waals surface area contributed by atoms with Crippen LogP contribution in [0.1, 0.15) is 18.1 Å². The third kappa shape index (κ3) is 1.95. The van der Waals surface area contributed by atoms with E-state index in [-0.39, 0.29) is 0 Å². The quantitative estimate of drug-likeness (QED) is 0.692. The molecule has 0 fully saturated rings. The van der Waals surface area contributed by atoms with Gasteiger partial charge in [0.1, 0.15) is 5.75 Å². The van der Waals surface area contributed by atoms with Gasteiger partial charge in [-0.25, -0.2) is 0 Å². The van der Waals surface area contributed by atoms with Crippen molar-refractivity contribution in [1.82, 2.24) is 0 Å². The molecule has 0 atom stereocenters. The summed E-state index contributed by atoms with van der Waals surface area (Å²) in [6.45, 7) is 6.79. The number of aryl methyl sites for hydroxylation is 2. The Labute approximate surface area is 79.2 Å². The summed E-state index contributed by atoms with van der Waals surface area (Å²) in [5.41, 5.74) is 2.31. The van der Waals surface area contributed by atoms with Crippen molar-refractivity contribution in [2.24, 2.45) is 0 Å². The third-order valence-electron chi connectivity index (χ3n) is 1.73. The predicted octanol–water partition coefficient (Wildman–Crippen LogP) is 2.99. The van der Waals surface area contributed by atoms with Crippen LogP contribution in [0.15, 0.2) is 17.0 Å². The Morgan fingerprint density at radius 1 is 1.25 bits per heavy atom. The fraction of sp³-hybridized carbons (Fsp3) is 0.400. The van der Waals surface area contributed by atoms with Gasteiger partial charge in [0.25, 0.3) is 0 Å². The normalized spacial score (nSPS) is 10.0. The molecule has 0 spiro atoms. The second kappa shape index (κ2) is 3.85. The molecule has 0 bridgehead atoms. The van der Waals surface area contributed by atoms with Gasteiger partial charge < -0.3 is 4.74 Å². The van der Waals surface area contributed by atoms with Crippen LogP contribution in [-0.2, 0) is 0 Å². The Morgan fingerprint density at radius 2 is 1.75 bits per heavy atom. The second-order valence-corrected chi connectivity index (χ2v) is 3.36.